The number of amides is 1. The highest BCUT2D eigenvalue weighted by atomic mass is 16.2. The summed E-state index contributed by atoms with van der Waals surface area (Å²) in [5.41, 5.74) is 6.62. The van der Waals surface area contributed by atoms with Gasteiger partial charge in [-0.25, -0.2) is 0 Å². The van der Waals surface area contributed by atoms with E-state index in [0.717, 1.165) is 5.69 Å². The Hall–Kier alpha value is -1.62. The lowest BCUT2D eigenvalue weighted by Gasteiger charge is -2.22. The van der Waals surface area contributed by atoms with Crippen LogP contribution in [0.3, 0.4) is 0 Å². The van der Waals surface area contributed by atoms with Crippen LogP contribution in [0, 0.1) is 6.92 Å². The molecule has 1 rings (SSSR count). The third kappa shape index (κ3) is 2.98. The fourth-order valence-corrected chi connectivity index (χ4v) is 1.60. The maximum absolute atomic E-state index is 12.1. The maximum atomic E-state index is 12.1. The lowest BCUT2D eigenvalue weighted by Crippen LogP contribution is -2.39. The first kappa shape index (κ1) is 14.4. The topological polar surface area (TPSA) is 68.3 Å². The van der Waals surface area contributed by atoms with Gasteiger partial charge in [0.05, 0.1) is 0 Å². The van der Waals surface area contributed by atoms with E-state index in [4.69, 9.17) is 5.73 Å². The van der Waals surface area contributed by atoms with Gasteiger partial charge in [0.25, 0.3) is 5.56 Å². The Balaban J connectivity index is 3.05. The van der Waals surface area contributed by atoms with E-state index in [1.165, 1.54) is 4.57 Å². The van der Waals surface area contributed by atoms with E-state index >= 15 is 0 Å². The minimum Gasteiger partial charge on any atom is -0.342 e. The van der Waals surface area contributed by atoms with Crippen LogP contribution in [0.25, 0.3) is 0 Å². The van der Waals surface area contributed by atoms with Crippen molar-refractivity contribution in [1.82, 2.24) is 9.47 Å². The summed E-state index contributed by atoms with van der Waals surface area (Å²) in [4.78, 5) is 25.7. The van der Waals surface area contributed by atoms with Crippen LogP contribution in [0.1, 0.15) is 25.1 Å². The molecule has 0 bridgehead atoms. The molecule has 0 radical (unpaired) electrons. The van der Waals surface area contributed by atoms with Crippen molar-refractivity contribution in [3.05, 3.63) is 33.7 Å². The number of hydrogen-bond donors (Lipinski definition) is 1. The van der Waals surface area contributed by atoms with Crippen LogP contribution >= 0.6 is 0 Å². The number of aryl methyl sites for hydroxylation is 1. The van der Waals surface area contributed by atoms with Crippen LogP contribution in [0.15, 0.2) is 16.9 Å². The SMILES string of the molecule is Cc1ccc(CN)c(=O)n1CC(=O)N(C)C(C)C. The molecule has 1 heterocycles. The van der Waals surface area contributed by atoms with Crippen LogP contribution in [0.5, 0.6) is 0 Å². The Morgan fingerprint density at radius 1 is 1.44 bits per heavy atom. The van der Waals surface area contributed by atoms with Gasteiger partial charge in [-0.3, -0.25) is 9.59 Å². The number of aromatic nitrogens is 1. The molecule has 0 aliphatic heterocycles. The number of carbonyl (C=O) groups excluding carboxylic acids is 1. The van der Waals surface area contributed by atoms with Crippen LogP contribution < -0.4 is 11.3 Å². The summed E-state index contributed by atoms with van der Waals surface area (Å²) in [6.45, 7) is 5.93. The zero-order chi connectivity index (χ0) is 13.9. The first-order valence-electron chi connectivity index (χ1n) is 6.03. The Morgan fingerprint density at radius 2 is 2.06 bits per heavy atom. The number of carbonyl (C=O) groups is 1. The molecule has 2 N–H and O–H groups in total. The summed E-state index contributed by atoms with van der Waals surface area (Å²) in [5.74, 6) is -0.0793. The van der Waals surface area contributed by atoms with Crippen LogP contribution in [-0.2, 0) is 17.9 Å². The highest BCUT2D eigenvalue weighted by Crippen LogP contribution is 2.01. The van der Waals surface area contributed by atoms with Crippen molar-refractivity contribution in [3.8, 4) is 0 Å². The van der Waals surface area contributed by atoms with Gasteiger partial charge in [0, 0.05) is 30.9 Å². The van der Waals surface area contributed by atoms with E-state index < -0.39 is 0 Å². The number of hydrogen-bond acceptors (Lipinski definition) is 3. The molecule has 1 aromatic rings. The summed E-state index contributed by atoms with van der Waals surface area (Å²) >= 11 is 0. The van der Waals surface area contributed by atoms with E-state index in [9.17, 15) is 9.59 Å². The molecule has 5 heteroatoms. The molecule has 0 aliphatic rings. The molecule has 5 nitrogen and oxygen atoms in total. The molecule has 0 saturated heterocycles. The molecule has 0 aromatic carbocycles. The van der Waals surface area contributed by atoms with Gasteiger partial charge in [-0.15, -0.1) is 0 Å². The molecule has 0 atom stereocenters. The monoisotopic (exact) mass is 251 g/mol. The highest BCUT2D eigenvalue weighted by Gasteiger charge is 2.15. The van der Waals surface area contributed by atoms with E-state index in [1.54, 1.807) is 18.0 Å². The van der Waals surface area contributed by atoms with Gasteiger partial charge in [-0.2, -0.15) is 0 Å². The van der Waals surface area contributed by atoms with Crippen molar-refractivity contribution in [2.24, 2.45) is 5.73 Å². The number of nitrogens with two attached hydrogens (primary N) is 1. The molecule has 1 aromatic heterocycles. The van der Waals surface area contributed by atoms with Gasteiger partial charge >= 0.3 is 0 Å². The lowest BCUT2D eigenvalue weighted by atomic mass is 10.2. The minimum absolute atomic E-state index is 0.0627. The number of likely N-dealkylation sites (N-methyl/N-ethyl adjacent to an activating group) is 1. The number of pyridine rings is 1. The van der Waals surface area contributed by atoms with E-state index in [-0.39, 0.29) is 30.6 Å². The third-order valence-corrected chi connectivity index (χ3v) is 3.15. The van der Waals surface area contributed by atoms with Gasteiger partial charge in [-0.05, 0) is 26.8 Å². The third-order valence-electron chi connectivity index (χ3n) is 3.15. The van der Waals surface area contributed by atoms with Crippen LogP contribution in [0.4, 0.5) is 0 Å². The molecule has 100 valence electrons. The Bertz CT molecular complexity index is 491. The lowest BCUT2D eigenvalue weighted by molar-refractivity contribution is -0.132. The van der Waals surface area contributed by atoms with Crippen molar-refractivity contribution in [1.29, 1.82) is 0 Å². The summed E-state index contributed by atoms with van der Waals surface area (Å²) in [6.07, 6.45) is 0. The smallest absolute Gasteiger partial charge is 0.255 e. The predicted octanol–water partition coefficient (Wildman–Crippen LogP) is 0.482. The predicted molar refractivity (Wildman–Crippen MR) is 71.2 cm³/mol. The first-order chi connectivity index (χ1) is 8.38. The second kappa shape index (κ2) is 5.82. The average molecular weight is 251 g/mol. The highest BCUT2D eigenvalue weighted by molar-refractivity contribution is 5.76. The molecular weight excluding hydrogens is 230 g/mol. The standard InChI is InChI=1S/C13H21N3O2/c1-9(2)15(4)12(17)8-16-10(3)5-6-11(7-14)13(16)18/h5-6,9H,7-8,14H2,1-4H3. The number of nitrogens with zero attached hydrogens (tertiary/aromatic N) is 2. The average Bonchev–Trinajstić information content (AvgIpc) is 2.33. The summed E-state index contributed by atoms with van der Waals surface area (Å²) in [6, 6.07) is 3.64. The molecule has 0 spiro atoms. The van der Waals surface area contributed by atoms with Gasteiger partial charge in [0.2, 0.25) is 5.91 Å². The molecule has 0 fully saturated rings. The molecule has 0 saturated carbocycles. The van der Waals surface area contributed by atoms with Gasteiger partial charge in [0.15, 0.2) is 0 Å². The van der Waals surface area contributed by atoms with Crippen molar-refractivity contribution >= 4 is 5.91 Å². The molecule has 18 heavy (non-hydrogen) atoms. The zero-order valence-electron chi connectivity index (χ0n) is 11.4. The van der Waals surface area contributed by atoms with E-state index in [2.05, 4.69) is 0 Å². The molecule has 1 amide bonds. The first-order valence-corrected chi connectivity index (χ1v) is 6.03. The van der Waals surface area contributed by atoms with Gasteiger partial charge < -0.3 is 15.2 Å². The van der Waals surface area contributed by atoms with Crippen molar-refractivity contribution < 1.29 is 4.79 Å². The van der Waals surface area contributed by atoms with Gasteiger partial charge in [0.1, 0.15) is 6.54 Å². The van der Waals surface area contributed by atoms with Crippen molar-refractivity contribution in [2.45, 2.75) is 39.9 Å². The molecule has 0 aliphatic carbocycles. The zero-order valence-corrected chi connectivity index (χ0v) is 11.4. The Labute approximate surface area is 107 Å². The Kier molecular flexibility index (Phi) is 4.67. The van der Waals surface area contributed by atoms with Crippen LogP contribution in [0.2, 0.25) is 0 Å². The Morgan fingerprint density at radius 3 is 2.56 bits per heavy atom. The summed E-state index contributed by atoms with van der Waals surface area (Å²) in [7, 11) is 1.74. The summed E-state index contributed by atoms with van der Waals surface area (Å²) in [5, 5.41) is 0. The molecular formula is C13H21N3O2. The maximum Gasteiger partial charge on any atom is 0.255 e. The fourth-order valence-electron chi connectivity index (χ4n) is 1.60. The van der Waals surface area contributed by atoms with Crippen LogP contribution in [-0.4, -0.2) is 28.5 Å². The van der Waals surface area contributed by atoms with Crippen molar-refractivity contribution in [2.75, 3.05) is 7.05 Å². The fraction of sp³-hybridized carbons (Fsp3) is 0.538. The van der Waals surface area contributed by atoms with Gasteiger partial charge in [-0.1, -0.05) is 6.07 Å². The molecule has 0 unspecified atom stereocenters. The quantitative estimate of drug-likeness (QED) is 0.846. The second-order valence-electron chi connectivity index (χ2n) is 4.69. The number of rotatable bonds is 4. The van der Waals surface area contributed by atoms with E-state index in [0.29, 0.717) is 5.56 Å². The normalized spacial score (nSPS) is 10.8. The largest absolute Gasteiger partial charge is 0.342 e. The second-order valence-corrected chi connectivity index (χ2v) is 4.69. The van der Waals surface area contributed by atoms with E-state index in [1.807, 2.05) is 26.8 Å². The summed E-state index contributed by atoms with van der Waals surface area (Å²) < 4.78 is 1.48. The minimum atomic E-state index is -0.178. The van der Waals surface area contributed by atoms with Crippen molar-refractivity contribution in [3.63, 3.8) is 0 Å².